The number of nitrogens with zero attached hydrogens (tertiary/aromatic N) is 3. The summed E-state index contributed by atoms with van der Waals surface area (Å²) in [6.45, 7) is 6.44. The highest BCUT2D eigenvalue weighted by molar-refractivity contribution is 7.12. The molecule has 3 aromatic heterocycles. The summed E-state index contributed by atoms with van der Waals surface area (Å²) < 4.78 is 2.07. The zero-order valence-corrected chi connectivity index (χ0v) is 12.0. The largest absolute Gasteiger partial charge is 0.369 e. The number of imidazole rings is 1. The Bertz CT molecular complexity index is 741. The Labute approximate surface area is 115 Å². The van der Waals surface area contributed by atoms with E-state index in [1.165, 1.54) is 15.3 Å². The quantitative estimate of drug-likeness (QED) is 0.778. The topological polar surface area (TPSA) is 56.7 Å². The van der Waals surface area contributed by atoms with Crippen LogP contribution in [-0.2, 0) is 0 Å². The fourth-order valence-electron chi connectivity index (χ4n) is 2.58. The smallest absolute Gasteiger partial charge is 0.201 e. The summed E-state index contributed by atoms with van der Waals surface area (Å²) in [4.78, 5) is 11.1. The third-order valence-electron chi connectivity index (χ3n) is 3.44. The van der Waals surface area contributed by atoms with Crippen molar-refractivity contribution in [2.75, 3.05) is 5.73 Å². The summed E-state index contributed by atoms with van der Waals surface area (Å²) >= 11 is 1.82. The van der Waals surface area contributed by atoms with Crippen LogP contribution in [0.1, 0.15) is 28.3 Å². The molecule has 0 aliphatic carbocycles. The van der Waals surface area contributed by atoms with E-state index in [4.69, 9.17) is 5.73 Å². The van der Waals surface area contributed by atoms with Crippen LogP contribution in [0, 0.1) is 13.8 Å². The van der Waals surface area contributed by atoms with Crippen molar-refractivity contribution in [3.05, 3.63) is 39.8 Å². The van der Waals surface area contributed by atoms with Gasteiger partial charge in [-0.2, -0.15) is 0 Å². The van der Waals surface area contributed by atoms with Crippen LogP contribution < -0.4 is 5.73 Å². The SMILES string of the molecule is Cc1cc(C(C)n2c(N)nc3cnccc32)c(C)s1. The van der Waals surface area contributed by atoms with Gasteiger partial charge in [-0.3, -0.25) is 4.98 Å². The van der Waals surface area contributed by atoms with Crippen LogP contribution in [0.3, 0.4) is 0 Å². The number of pyridine rings is 1. The first kappa shape index (κ1) is 12.2. The molecule has 3 rings (SSSR count). The second-order valence-corrected chi connectivity index (χ2v) is 6.21. The van der Waals surface area contributed by atoms with E-state index < -0.39 is 0 Å². The summed E-state index contributed by atoms with van der Waals surface area (Å²) in [6.07, 6.45) is 3.53. The summed E-state index contributed by atoms with van der Waals surface area (Å²) in [5.41, 5.74) is 9.26. The molecule has 0 aromatic carbocycles. The predicted octanol–water partition coefficient (Wildman–Crippen LogP) is 3.30. The molecule has 98 valence electrons. The lowest BCUT2D eigenvalue weighted by Crippen LogP contribution is -2.10. The Morgan fingerprint density at radius 3 is 2.84 bits per heavy atom. The molecule has 0 bridgehead atoms. The van der Waals surface area contributed by atoms with Crippen LogP contribution in [0.5, 0.6) is 0 Å². The van der Waals surface area contributed by atoms with E-state index in [9.17, 15) is 0 Å². The van der Waals surface area contributed by atoms with E-state index in [1.807, 2.05) is 17.4 Å². The zero-order chi connectivity index (χ0) is 13.6. The Morgan fingerprint density at radius 2 is 2.16 bits per heavy atom. The van der Waals surface area contributed by atoms with Crippen LogP contribution in [0.15, 0.2) is 24.5 Å². The van der Waals surface area contributed by atoms with Gasteiger partial charge in [0.05, 0.1) is 17.8 Å². The molecule has 0 amide bonds. The number of nitrogens with two attached hydrogens (primary N) is 1. The Morgan fingerprint density at radius 1 is 1.37 bits per heavy atom. The minimum atomic E-state index is 0.178. The second-order valence-electron chi connectivity index (χ2n) is 4.75. The molecule has 2 N–H and O–H groups in total. The number of aromatic nitrogens is 3. The normalized spacial score (nSPS) is 13.0. The van der Waals surface area contributed by atoms with Gasteiger partial charge in [0.15, 0.2) is 0 Å². The highest BCUT2D eigenvalue weighted by atomic mass is 32.1. The van der Waals surface area contributed by atoms with Crippen molar-refractivity contribution < 1.29 is 0 Å². The van der Waals surface area contributed by atoms with Gasteiger partial charge in [-0.15, -0.1) is 11.3 Å². The fraction of sp³-hybridized carbons (Fsp3) is 0.286. The first-order valence-corrected chi connectivity index (χ1v) is 7.04. The first-order valence-electron chi connectivity index (χ1n) is 6.22. The second kappa shape index (κ2) is 4.35. The number of anilines is 1. The molecular formula is C14H16N4S. The molecule has 1 unspecified atom stereocenters. The maximum absolute atomic E-state index is 6.08. The maximum Gasteiger partial charge on any atom is 0.201 e. The van der Waals surface area contributed by atoms with Crippen molar-refractivity contribution in [3.63, 3.8) is 0 Å². The molecule has 0 radical (unpaired) electrons. The van der Waals surface area contributed by atoms with Crippen LogP contribution in [0.25, 0.3) is 11.0 Å². The van der Waals surface area contributed by atoms with Gasteiger partial charge in [-0.25, -0.2) is 4.98 Å². The van der Waals surface area contributed by atoms with Gasteiger partial charge < -0.3 is 10.3 Å². The number of fused-ring (bicyclic) bond motifs is 1. The number of aryl methyl sites for hydroxylation is 2. The predicted molar refractivity (Wildman–Crippen MR) is 79.5 cm³/mol. The van der Waals surface area contributed by atoms with Crippen molar-refractivity contribution in [2.24, 2.45) is 0 Å². The van der Waals surface area contributed by atoms with Crippen molar-refractivity contribution in [1.82, 2.24) is 14.5 Å². The minimum absolute atomic E-state index is 0.178. The van der Waals surface area contributed by atoms with Gasteiger partial charge in [0, 0.05) is 16.0 Å². The molecule has 1 atom stereocenters. The van der Waals surface area contributed by atoms with E-state index in [0.29, 0.717) is 5.95 Å². The van der Waals surface area contributed by atoms with Gasteiger partial charge in [0.1, 0.15) is 5.52 Å². The van der Waals surface area contributed by atoms with Gasteiger partial charge >= 0.3 is 0 Å². The summed E-state index contributed by atoms with van der Waals surface area (Å²) in [6, 6.07) is 4.37. The van der Waals surface area contributed by atoms with E-state index in [2.05, 4.69) is 41.4 Å². The summed E-state index contributed by atoms with van der Waals surface area (Å²) in [5.74, 6) is 0.541. The van der Waals surface area contributed by atoms with Gasteiger partial charge in [0.2, 0.25) is 5.95 Å². The van der Waals surface area contributed by atoms with Crippen LogP contribution >= 0.6 is 11.3 Å². The van der Waals surface area contributed by atoms with Crippen molar-refractivity contribution in [1.29, 1.82) is 0 Å². The van der Waals surface area contributed by atoms with Crippen molar-refractivity contribution in [2.45, 2.75) is 26.8 Å². The lowest BCUT2D eigenvalue weighted by Gasteiger charge is -2.16. The number of hydrogen-bond acceptors (Lipinski definition) is 4. The molecular weight excluding hydrogens is 256 g/mol. The molecule has 0 fully saturated rings. The molecule has 4 nitrogen and oxygen atoms in total. The minimum Gasteiger partial charge on any atom is -0.369 e. The Balaban J connectivity index is 2.19. The van der Waals surface area contributed by atoms with E-state index in [-0.39, 0.29) is 6.04 Å². The average Bonchev–Trinajstić information content (AvgIpc) is 2.87. The number of hydrogen-bond donors (Lipinski definition) is 1. The number of rotatable bonds is 2. The van der Waals surface area contributed by atoms with Crippen molar-refractivity contribution >= 4 is 28.3 Å². The fourth-order valence-corrected chi connectivity index (χ4v) is 3.60. The standard InChI is InChI=1S/C14H16N4S/c1-8-6-11(10(3)19-8)9(2)18-13-4-5-16-7-12(13)17-14(18)15/h4-7,9H,1-3H3,(H2,15,17). The van der Waals surface area contributed by atoms with E-state index >= 15 is 0 Å². The van der Waals surface area contributed by atoms with Gasteiger partial charge in [0.25, 0.3) is 0 Å². The number of thiophene rings is 1. The van der Waals surface area contributed by atoms with Crippen molar-refractivity contribution in [3.8, 4) is 0 Å². The Kier molecular flexibility index (Phi) is 2.78. The average molecular weight is 272 g/mol. The first-order chi connectivity index (χ1) is 9.08. The highest BCUT2D eigenvalue weighted by Gasteiger charge is 2.18. The van der Waals surface area contributed by atoms with Gasteiger partial charge in [-0.05, 0) is 38.5 Å². The highest BCUT2D eigenvalue weighted by Crippen LogP contribution is 2.32. The third kappa shape index (κ3) is 1.90. The lowest BCUT2D eigenvalue weighted by molar-refractivity contribution is 0.666. The van der Waals surface area contributed by atoms with Crippen LogP contribution in [-0.4, -0.2) is 14.5 Å². The molecule has 3 aromatic rings. The van der Waals surface area contributed by atoms with E-state index in [1.54, 1.807) is 12.4 Å². The van der Waals surface area contributed by atoms with E-state index in [0.717, 1.165) is 11.0 Å². The summed E-state index contributed by atoms with van der Waals surface area (Å²) in [5, 5.41) is 0. The Hall–Kier alpha value is -1.88. The molecule has 19 heavy (non-hydrogen) atoms. The van der Waals surface area contributed by atoms with Crippen LogP contribution in [0.2, 0.25) is 0 Å². The molecule has 0 aliphatic rings. The lowest BCUT2D eigenvalue weighted by atomic mass is 10.1. The monoisotopic (exact) mass is 272 g/mol. The molecule has 5 heteroatoms. The van der Waals surface area contributed by atoms with Crippen LogP contribution in [0.4, 0.5) is 5.95 Å². The molecule has 3 heterocycles. The summed E-state index contributed by atoms with van der Waals surface area (Å²) in [7, 11) is 0. The zero-order valence-electron chi connectivity index (χ0n) is 11.2. The number of nitrogen functional groups attached to an aromatic ring is 1. The molecule has 0 saturated carbocycles. The maximum atomic E-state index is 6.08. The molecule has 0 aliphatic heterocycles. The third-order valence-corrected chi connectivity index (χ3v) is 4.42. The van der Waals surface area contributed by atoms with Gasteiger partial charge in [-0.1, -0.05) is 0 Å². The molecule has 0 spiro atoms. The molecule has 0 saturated heterocycles.